The van der Waals surface area contributed by atoms with Gasteiger partial charge < -0.3 is 9.32 Å². The first-order chi connectivity index (χ1) is 13.2. The van der Waals surface area contributed by atoms with Crippen LogP contribution in [0.4, 0.5) is 17.5 Å². The zero-order valence-electron chi connectivity index (χ0n) is 15.0. The number of fused-ring (bicyclic) bond motifs is 2. The zero-order valence-corrected chi connectivity index (χ0v) is 15.0. The van der Waals surface area contributed by atoms with Gasteiger partial charge in [-0.2, -0.15) is 15.1 Å². The number of anilines is 3. The minimum absolute atomic E-state index is 0.219. The van der Waals surface area contributed by atoms with Crippen molar-refractivity contribution in [2.75, 3.05) is 23.1 Å². The van der Waals surface area contributed by atoms with E-state index in [1.54, 1.807) is 12.3 Å². The van der Waals surface area contributed by atoms with Gasteiger partial charge in [0.05, 0.1) is 17.5 Å². The summed E-state index contributed by atoms with van der Waals surface area (Å²) < 4.78 is 5.62. The van der Waals surface area contributed by atoms with Crippen LogP contribution in [0.2, 0.25) is 0 Å². The van der Waals surface area contributed by atoms with Gasteiger partial charge in [-0.3, -0.25) is 10.3 Å². The van der Waals surface area contributed by atoms with Crippen LogP contribution in [0.1, 0.15) is 25.0 Å². The molecular weight excluding hydrogens is 344 g/mol. The smallest absolute Gasteiger partial charge is 0.257 e. The van der Waals surface area contributed by atoms with Gasteiger partial charge in [-0.25, -0.2) is 4.98 Å². The fraction of sp³-hybridized carbons (Fsp3) is 0.316. The van der Waals surface area contributed by atoms with E-state index >= 15 is 0 Å². The lowest BCUT2D eigenvalue weighted by atomic mass is 10.1. The van der Waals surface area contributed by atoms with Gasteiger partial charge >= 0.3 is 0 Å². The summed E-state index contributed by atoms with van der Waals surface area (Å²) in [4.78, 5) is 11.3. The summed E-state index contributed by atoms with van der Waals surface area (Å²) in [5, 5.41) is 20.0. The largest absolute Gasteiger partial charge is 0.459 e. The second-order valence-corrected chi connectivity index (χ2v) is 6.89. The average molecular weight is 364 g/mol. The van der Waals surface area contributed by atoms with E-state index < -0.39 is 0 Å². The van der Waals surface area contributed by atoms with Gasteiger partial charge in [-0.1, -0.05) is 0 Å². The molecule has 138 valence electrons. The number of nitrogens with zero attached hydrogens (tertiary/aromatic N) is 5. The molecule has 0 atom stereocenters. The molecule has 0 amide bonds. The summed E-state index contributed by atoms with van der Waals surface area (Å²) in [6.45, 7) is 3.82. The zero-order chi connectivity index (χ0) is 18.4. The van der Waals surface area contributed by atoms with Crippen LogP contribution in [0, 0.1) is 6.92 Å². The summed E-state index contributed by atoms with van der Waals surface area (Å²) in [5.41, 5.74) is 3.67. The van der Waals surface area contributed by atoms with Crippen LogP contribution >= 0.6 is 0 Å². The number of benzene rings is 1. The van der Waals surface area contributed by atoms with Crippen molar-refractivity contribution in [2.24, 2.45) is 0 Å². The first-order valence-electron chi connectivity index (χ1n) is 9.14. The molecule has 8 nitrogen and oxygen atoms in total. The molecule has 0 radical (unpaired) electrons. The van der Waals surface area contributed by atoms with Crippen LogP contribution in [-0.2, 0) is 0 Å². The predicted molar refractivity (Wildman–Crippen MR) is 103 cm³/mol. The van der Waals surface area contributed by atoms with E-state index in [0.717, 1.165) is 53.4 Å². The number of H-pyrrole nitrogens is 1. The maximum Gasteiger partial charge on any atom is 0.257 e. The highest BCUT2D eigenvalue weighted by atomic mass is 16.5. The molecule has 1 fully saturated rings. The SMILES string of the molecule is Cc1[nH]nc2cc(N(O)c3nc(N4CCCCC4)c4occc4n3)ccc12. The summed E-state index contributed by atoms with van der Waals surface area (Å²) >= 11 is 0. The number of furan rings is 1. The Morgan fingerprint density at radius 1 is 1.11 bits per heavy atom. The van der Waals surface area contributed by atoms with E-state index in [-0.39, 0.29) is 5.95 Å². The Kier molecular flexibility index (Phi) is 3.71. The predicted octanol–water partition coefficient (Wildman–Crippen LogP) is 3.93. The molecular formula is C19H20N6O2. The lowest BCUT2D eigenvalue weighted by Crippen LogP contribution is -2.31. The number of hydrogen-bond donors (Lipinski definition) is 2. The molecule has 4 aromatic rings. The topological polar surface area (TPSA) is 94.3 Å². The Morgan fingerprint density at radius 2 is 1.96 bits per heavy atom. The van der Waals surface area contributed by atoms with Crippen LogP contribution in [0.25, 0.3) is 22.0 Å². The van der Waals surface area contributed by atoms with E-state index in [1.807, 2.05) is 25.1 Å². The molecule has 8 heteroatoms. The second-order valence-electron chi connectivity index (χ2n) is 6.89. The summed E-state index contributed by atoms with van der Waals surface area (Å²) in [5.74, 6) is 0.950. The van der Waals surface area contributed by atoms with Gasteiger partial charge in [0.2, 0.25) is 0 Å². The summed E-state index contributed by atoms with van der Waals surface area (Å²) in [6, 6.07) is 7.35. The molecule has 1 aliphatic rings. The third kappa shape index (κ3) is 2.69. The van der Waals surface area contributed by atoms with E-state index in [2.05, 4.69) is 25.1 Å². The Bertz CT molecular complexity index is 1110. The number of aryl methyl sites for hydroxylation is 1. The lowest BCUT2D eigenvalue weighted by Gasteiger charge is -2.28. The van der Waals surface area contributed by atoms with Crippen LogP contribution < -0.4 is 9.96 Å². The standard InChI is InChI=1S/C19H20N6O2/c1-12-14-6-5-13(11-16(14)23-22-12)25(26)19-20-15-7-10-27-17(15)18(21-19)24-8-3-2-4-9-24/h5-7,10-11,26H,2-4,8-9H2,1H3,(H,22,23). The molecule has 5 rings (SSSR count). The Balaban J connectivity index is 1.58. The molecule has 3 aromatic heterocycles. The van der Waals surface area contributed by atoms with Gasteiger partial charge in [0.15, 0.2) is 11.4 Å². The minimum Gasteiger partial charge on any atom is -0.459 e. The van der Waals surface area contributed by atoms with Gasteiger partial charge in [0.25, 0.3) is 5.95 Å². The minimum atomic E-state index is 0.219. The van der Waals surface area contributed by atoms with Crippen molar-refractivity contribution in [2.45, 2.75) is 26.2 Å². The fourth-order valence-electron chi connectivity index (χ4n) is 3.63. The van der Waals surface area contributed by atoms with Gasteiger partial charge in [-0.15, -0.1) is 0 Å². The highest BCUT2D eigenvalue weighted by Gasteiger charge is 2.21. The van der Waals surface area contributed by atoms with Crippen molar-refractivity contribution in [3.63, 3.8) is 0 Å². The number of nitrogens with one attached hydrogen (secondary N) is 1. The molecule has 1 aliphatic heterocycles. The number of aromatic nitrogens is 4. The molecule has 0 saturated carbocycles. The van der Waals surface area contributed by atoms with E-state index in [1.165, 1.54) is 6.42 Å². The van der Waals surface area contributed by atoms with Crippen molar-refractivity contribution in [1.82, 2.24) is 20.2 Å². The molecule has 4 heterocycles. The fourth-order valence-corrected chi connectivity index (χ4v) is 3.63. The van der Waals surface area contributed by atoms with Gasteiger partial charge in [0, 0.05) is 30.2 Å². The van der Waals surface area contributed by atoms with E-state index in [4.69, 9.17) is 4.42 Å². The molecule has 0 unspecified atom stereocenters. The van der Waals surface area contributed by atoms with Crippen LogP contribution in [0.5, 0.6) is 0 Å². The molecule has 1 saturated heterocycles. The van der Waals surface area contributed by atoms with E-state index in [9.17, 15) is 5.21 Å². The molecule has 1 aromatic carbocycles. The van der Waals surface area contributed by atoms with Crippen LogP contribution in [0.3, 0.4) is 0 Å². The normalized spacial score (nSPS) is 15.0. The van der Waals surface area contributed by atoms with Crippen molar-refractivity contribution in [3.8, 4) is 0 Å². The summed E-state index contributed by atoms with van der Waals surface area (Å²) in [7, 11) is 0. The average Bonchev–Trinajstić information content (AvgIpc) is 3.33. The lowest BCUT2D eigenvalue weighted by molar-refractivity contribution is 0.294. The first kappa shape index (κ1) is 16.1. The highest BCUT2D eigenvalue weighted by Crippen LogP contribution is 2.32. The quantitative estimate of drug-likeness (QED) is 0.532. The molecule has 0 spiro atoms. The number of hydrogen-bond acceptors (Lipinski definition) is 7. The third-order valence-electron chi connectivity index (χ3n) is 5.09. The maximum absolute atomic E-state index is 10.8. The third-order valence-corrected chi connectivity index (χ3v) is 5.09. The Morgan fingerprint density at radius 3 is 2.81 bits per heavy atom. The van der Waals surface area contributed by atoms with Crippen molar-refractivity contribution in [1.29, 1.82) is 0 Å². The van der Waals surface area contributed by atoms with Crippen molar-refractivity contribution in [3.05, 3.63) is 36.2 Å². The molecule has 0 aliphatic carbocycles. The first-order valence-corrected chi connectivity index (χ1v) is 9.14. The second kappa shape index (κ2) is 6.24. The van der Waals surface area contributed by atoms with Crippen LogP contribution in [0.15, 0.2) is 34.9 Å². The van der Waals surface area contributed by atoms with Gasteiger partial charge in [-0.05, 0) is 44.4 Å². The summed E-state index contributed by atoms with van der Waals surface area (Å²) in [6.07, 6.45) is 5.08. The number of rotatable bonds is 3. The monoisotopic (exact) mass is 364 g/mol. The molecule has 2 N–H and O–H groups in total. The van der Waals surface area contributed by atoms with Gasteiger partial charge in [0.1, 0.15) is 5.52 Å². The molecule has 27 heavy (non-hydrogen) atoms. The number of aromatic amines is 1. The number of piperidine rings is 1. The molecule has 0 bridgehead atoms. The van der Waals surface area contributed by atoms with Crippen molar-refractivity contribution < 1.29 is 9.62 Å². The van der Waals surface area contributed by atoms with Crippen molar-refractivity contribution >= 4 is 39.5 Å². The van der Waals surface area contributed by atoms with E-state index in [0.29, 0.717) is 16.8 Å². The Hall–Kier alpha value is -3.13. The van der Waals surface area contributed by atoms with Crippen LogP contribution in [-0.4, -0.2) is 38.5 Å². The maximum atomic E-state index is 10.8. The Labute approximate surface area is 155 Å². The highest BCUT2D eigenvalue weighted by molar-refractivity contribution is 5.87.